The van der Waals surface area contributed by atoms with Crippen LogP contribution in [0, 0.1) is 0 Å². The third kappa shape index (κ3) is 6.21. The van der Waals surface area contributed by atoms with Gasteiger partial charge in [0.15, 0.2) is 0 Å². The van der Waals surface area contributed by atoms with Gasteiger partial charge in [0.25, 0.3) is 5.91 Å². The molecular weight excluding hydrogens is 368 g/mol. The first-order chi connectivity index (χ1) is 14.1. The van der Waals surface area contributed by atoms with Gasteiger partial charge in [-0.25, -0.2) is 4.98 Å². The van der Waals surface area contributed by atoms with Crippen LogP contribution in [0.15, 0.2) is 67.3 Å². The Balaban J connectivity index is 1.44. The molecule has 0 aliphatic rings. The Morgan fingerprint density at radius 3 is 2.59 bits per heavy atom. The minimum absolute atomic E-state index is 0.0826. The second kappa shape index (κ2) is 10.1. The van der Waals surface area contributed by atoms with E-state index in [1.165, 1.54) is 0 Å². The molecule has 150 valence electrons. The van der Waals surface area contributed by atoms with Crippen molar-refractivity contribution in [1.82, 2.24) is 20.2 Å². The summed E-state index contributed by atoms with van der Waals surface area (Å²) < 4.78 is 7.33. The number of carbonyl (C=O) groups is 2. The monoisotopic (exact) mass is 392 g/mol. The number of ether oxygens (including phenoxy) is 1. The lowest BCUT2D eigenvalue weighted by atomic mass is 10.1. The first kappa shape index (κ1) is 20.1. The lowest BCUT2D eigenvalue weighted by Crippen LogP contribution is -2.36. The third-order valence-corrected chi connectivity index (χ3v) is 4.24. The summed E-state index contributed by atoms with van der Waals surface area (Å²) in [4.78, 5) is 28.3. The number of imidazole rings is 1. The van der Waals surface area contributed by atoms with Crippen LogP contribution in [0.4, 0.5) is 0 Å². The molecule has 1 aromatic heterocycles. The number of benzene rings is 2. The summed E-state index contributed by atoms with van der Waals surface area (Å²) in [5.74, 6) is 0.159. The van der Waals surface area contributed by atoms with Crippen molar-refractivity contribution in [3.8, 4) is 5.75 Å². The second-order valence-corrected chi connectivity index (χ2v) is 6.47. The van der Waals surface area contributed by atoms with Gasteiger partial charge < -0.3 is 19.9 Å². The summed E-state index contributed by atoms with van der Waals surface area (Å²) >= 11 is 0. The van der Waals surface area contributed by atoms with Crippen LogP contribution in [0.2, 0.25) is 0 Å². The largest absolute Gasteiger partial charge is 0.494 e. The van der Waals surface area contributed by atoms with Gasteiger partial charge >= 0.3 is 0 Å². The van der Waals surface area contributed by atoms with E-state index in [2.05, 4.69) is 15.6 Å². The van der Waals surface area contributed by atoms with Gasteiger partial charge in [-0.15, -0.1) is 0 Å². The van der Waals surface area contributed by atoms with Crippen LogP contribution in [0.25, 0.3) is 0 Å². The molecule has 29 heavy (non-hydrogen) atoms. The lowest BCUT2D eigenvalue weighted by molar-refractivity contribution is -0.120. The highest BCUT2D eigenvalue weighted by Crippen LogP contribution is 2.12. The Hall–Kier alpha value is -3.61. The molecule has 2 amide bonds. The number of nitrogens with one attached hydrogen (secondary N) is 2. The van der Waals surface area contributed by atoms with Crippen LogP contribution in [0.1, 0.15) is 28.4 Å². The second-order valence-electron chi connectivity index (χ2n) is 6.47. The van der Waals surface area contributed by atoms with Crippen molar-refractivity contribution >= 4 is 11.8 Å². The average Bonchev–Trinajstić information content (AvgIpc) is 3.24. The summed E-state index contributed by atoms with van der Waals surface area (Å²) in [6, 6.07) is 14.8. The van der Waals surface area contributed by atoms with Gasteiger partial charge in [0, 0.05) is 31.0 Å². The van der Waals surface area contributed by atoms with Crippen molar-refractivity contribution in [3.63, 3.8) is 0 Å². The smallest absolute Gasteiger partial charge is 0.251 e. The van der Waals surface area contributed by atoms with Crippen LogP contribution >= 0.6 is 0 Å². The fourth-order valence-electron chi connectivity index (χ4n) is 2.82. The maximum atomic E-state index is 12.1. The molecule has 3 aromatic rings. The highest BCUT2D eigenvalue weighted by Gasteiger charge is 2.08. The summed E-state index contributed by atoms with van der Waals surface area (Å²) in [5.41, 5.74) is 2.60. The van der Waals surface area contributed by atoms with Gasteiger partial charge in [-0.2, -0.15) is 0 Å². The molecule has 0 aliphatic carbocycles. The Labute approximate surface area is 169 Å². The highest BCUT2D eigenvalue weighted by molar-refractivity contribution is 5.96. The minimum atomic E-state index is -0.300. The molecule has 7 nitrogen and oxygen atoms in total. The van der Waals surface area contributed by atoms with Crippen LogP contribution in [-0.2, 0) is 17.9 Å². The third-order valence-electron chi connectivity index (χ3n) is 4.24. The maximum absolute atomic E-state index is 12.1. The van der Waals surface area contributed by atoms with E-state index in [-0.39, 0.29) is 18.4 Å². The van der Waals surface area contributed by atoms with Crippen molar-refractivity contribution in [2.75, 3.05) is 13.2 Å². The van der Waals surface area contributed by atoms with Crippen molar-refractivity contribution in [2.45, 2.75) is 20.0 Å². The standard InChI is InChI=1S/C22H24N4O3/c1-2-29-20-8-6-19(7-9-20)22(28)25-14-21(27)24-13-17-4-3-5-18(12-17)15-26-11-10-23-16-26/h3-12,16H,2,13-15H2,1H3,(H,24,27)(H,25,28). The van der Waals surface area contributed by atoms with Crippen LogP contribution in [0.3, 0.4) is 0 Å². The zero-order valence-electron chi connectivity index (χ0n) is 16.3. The molecule has 0 atom stereocenters. The van der Waals surface area contributed by atoms with E-state index in [1.54, 1.807) is 36.8 Å². The van der Waals surface area contributed by atoms with Gasteiger partial charge in [0.05, 0.1) is 19.5 Å². The predicted octanol–water partition coefficient (Wildman–Crippen LogP) is 2.38. The summed E-state index contributed by atoms with van der Waals surface area (Å²) in [5, 5.41) is 5.45. The molecule has 0 fully saturated rings. The SMILES string of the molecule is CCOc1ccc(C(=O)NCC(=O)NCc2cccc(Cn3ccnc3)c2)cc1. The van der Waals surface area contributed by atoms with E-state index >= 15 is 0 Å². The molecule has 1 heterocycles. The summed E-state index contributed by atoms with van der Waals surface area (Å²) in [6.07, 6.45) is 5.41. The quantitative estimate of drug-likeness (QED) is 0.586. The van der Waals surface area contributed by atoms with Crippen molar-refractivity contribution in [2.24, 2.45) is 0 Å². The van der Waals surface area contributed by atoms with Crippen molar-refractivity contribution in [3.05, 3.63) is 83.9 Å². The van der Waals surface area contributed by atoms with E-state index in [1.807, 2.05) is 42.0 Å². The number of aromatic nitrogens is 2. The fraction of sp³-hybridized carbons (Fsp3) is 0.227. The van der Waals surface area contributed by atoms with Gasteiger partial charge in [-0.3, -0.25) is 9.59 Å². The van der Waals surface area contributed by atoms with Gasteiger partial charge in [0.2, 0.25) is 5.91 Å². The molecule has 0 aliphatic heterocycles. The molecule has 0 radical (unpaired) electrons. The predicted molar refractivity (Wildman–Crippen MR) is 110 cm³/mol. The van der Waals surface area contributed by atoms with Crippen LogP contribution < -0.4 is 15.4 Å². The number of carbonyl (C=O) groups excluding carboxylic acids is 2. The molecule has 7 heteroatoms. The number of nitrogens with zero attached hydrogens (tertiary/aromatic N) is 2. The zero-order valence-corrected chi connectivity index (χ0v) is 16.3. The van der Waals surface area contributed by atoms with Crippen molar-refractivity contribution in [1.29, 1.82) is 0 Å². The topological polar surface area (TPSA) is 85.2 Å². The summed E-state index contributed by atoms with van der Waals surface area (Å²) in [7, 11) is 0. The van der Waals surface area contributed by atoms with Gasteiger partial charge in [-0.05, 0) is 42.3 Å². The van der Waals surface area contributed by atoms with E-state index in [9.17, 15) is 9.59 Å². The molecule has 0 unspecified atom stereocenters. The molecular formula is C22H24N4O3. The van der Waals surface area contributed by atoms with Crippen LogP contribution in [-0.4, -0.2) is 34.5 Å². The van der Waals surface area contributed by atoms with E-state index in [0.717, 1.165) is 17.7 Å². The average molecular weight is 392 g/mol. The van der Waals surface area contributed by atoms with Crippen molar-refractivity contribution < 1.29 is 14.3 Å². The molecule has 0 saturated carbocycles. The first-order valence-corrected chi connectivity index (χ1v) is 9.45. The summed E-state index contributed by atoms with van der Waals surface area (Å²) in [6.45, 7) is 3.50. The molecule has 0 saturated heterocycles. The number of rotatable bonds is 9. The molecule has 3 rings (SSSR count). The number of hydrogen-bond acceptors (Lipinski definition) is 4. The Morgan fingerprint density at radius 2 is 1.86 bits per heavy atom. The number of hydrogen-bond donors (Lipinski definition) is 2. The van der Waals surface area contributed by atoms with Crippen LogP contribution in [0.5, 0.6) is 5.75 Å². The zero-order chi connectivity index (χ0) is 20.5. The molecule has 2 aromatic carbocycles. The molecule has 2 N–H and O–H groups in total. The normalized spacial score (nSPS) is 10.4. The Morgan fingerprint density at radius 1 is 1.07 bits per heavy atom. The Bertz CT molecular complexity index is 937. The number of amides is 2. The first-order valence-electron chi connectivity index (χ1n) is 9.45. The van der Waals surface area contributed by atoms with E-state index in [4.69, 9.17) is 4.74 Å². The lowest BCUT2D eigenvalue weighted by Gasteiger charge is -2.09. The fourth-order valence-corrected chi connectivity index (χ4v) is 2.82. The molecule has 0 bridgehead atoms. The highest BCUT2D eigenvalue weighted by atomic mass is 16.5. The maximum Gasteiger partial charge on any atom is 0.251 e. The Kier molecular flexibility index (Phi) is 7.00. The van der Waals surface area contributed by atoms with Gasteiger partial charge in [0.1, 0.15) is 5.75 Å². The van der Waals surface area contributed by atoms with E-state index < -0.39 is 0 Å². The molecule has 0 spiro atoms. The minimum Gasteiger partial charge on any atom is -0.494 e. The van der Waals surface area contributed by atoms with Gasteiger partial charge in [-0.1, -0.05) is 24.3 Å². The van der Waals surface area contributed by atoms with E-state index in [0.29, 0.717) is 24.5 Å².